The average Bonchev–Trinajstić information content (AvgIpc) is 3.11. The third-order valence-corrected chi connectivity index (χ3v) is 4.27. The van der Waals surface area contributed by atoms with E-state index in [0.717, 1.165) is 0 Å². The van der Waals surface area contributed by atoms with Gasteiger partial charge >= 0.3 is 0 Å². The maximum atomic E-state index is 12.7. The van der Waals surface area contributed by atoms with E-state index in [1.165, 1.54) is 0 Å². The van der Waals surface area contributed by atoms with Gasteiger partial charge in [0.1, 0.15) is 11.4 Å². The lowest BCUT2D eigenvalue weighted by atomic mass is 9.98. The molecule has 0 N–H and O–H groups in total. The van der Waals surface area contributed by atoms with E-state index < -0.39 is 0 Å². The predicted octanol–water partition coefficient (Wildman–Crippen LogP) is 2.77. The van der Waals surface area contributed by atoms with Crippen molar-refractivity contribution in [3.8, 4) is 17.3 Å². The van der Waals surface area contributed by atoms with Gasteiger partial charge in [0, 0.05) is 19.3 Å². The van der Waals surface area contributed by atoms with Crippen LogP contribution < -0.4 is 4.74 Å². The lowest BCUT2D eigenvalue weighted by Crippen LogP contribution is -2.48. The van der Waals surface area contributed by atoms with Crippen molar-refractivity contribution in [2.75, 3.05) is 19.7 Å². The summed E-state index contributed by atoms with van der Waals surface area (Å²) in [7, 11) is 0. The quantitative estimate of drug-likeness (QED) is 0.704. The summed E-state index contributed by atoms with van der Waals surface area (Å²) in [4.78, 5) is 23.1. The molecule has 26 heavy (non-hydrogen) atoms. The summed E-state index contributed by atoms with van der Waals surface area (Å²) in [5.74, 6) is 1.61. The van der Waals surface area contributed by atoms with Crippen molar-refractivity contribution in [2.24, 2.45) is 0 Å². The Morgan fingerprint density at radius 2 is 2.04 bits per heavy atom. The number of aromatic nitrogens is 3. The Hall–Kier alpha value is -3.22. The lowest BCUT2D eigenvalue weighted by molar-refractivity contribution is 0.0565. The Morgan fingerprint density at radius 1 is 1.23 bits per heavy atom. The molecule has 1 aromatic carbocycles. The van der Waals surface area contributed by atoms with Gasteiger partial charge in [-0.1, -0.05) is 23.4 Å². The molecule has 7 heteroatoms. The van der Waals surface area contributed by atoms with Crippen LogP contribution in [-0.4, -0.2) is 45.6 Å². The first kappa shape index (κ1) is 16.3. The van der Waals surface area contributed by atoms with E-state index in [4.69, 9.17) is 9.26 Å². The number of hydrogen-bond acceptors (Lipinski definition) is 6. The molecule has 0 aliphatic carbocycles. The van der Waals surface area contributed by atoms with Gasteiger partial charge in [0.15, 0.2) is 0 Å². The van der Waals surface area contributed by atoms with E-state index in [9.17, 15) is 4.79 Å². The van der Waals surface area contributed by atoms with Crippen LogP contribution in [0.4, 0.5) is 0 Å². The van der Waals surface area contributed by atoms with Gasteiger partial charge in [-0.05, 0) is 31.2 Å². The Balaban J connectivity index is 1.43. The van der Waals surface area contributed by atoms with E-state index in [0.29, 0.717) is 48.4 Å². The highest BCUT2D eigenvalue weighted by Crippen LogP contribution is 2.30. The molecule has 0 spiro atoms. The third-order valence-electron chi connectivity index (χ3n) is 4.27. The van der Waals surface area contributed by atoms with Gasteiger partial charge in [0.25, 0.3) is 5.91 Å². The number of carbonyl (C=O) groups is 1. The number of rotatable bonds is 5. The Bertz CT molecular complexity index is 904. The molecule has 0 bridgehead atoms. The molecule has 0 unspecified atom stereocenters. The first-order valence-electron chi connectivity index (χ1n) is 8.52. The number of pyridine rings is 1. The van der Waals surface area contributed by atoms with Gasteiger partial charge in [-0.25, -0.2) is 0 Å². The molecular weight excluding hydrogens is 332 g/mol. The maximum absolute atomic E-state index is 12.7. The molecule has 0 saturated carbocycles. The fourth-order valence-electron chi connectivity index (χ4n) is 2.90. The van der Waals surface area contributed by atoms with E-state index in [1.54, 1.807) is 17.2 Å². The van der Waals surface area contributed by atoms with Crippen molar-refractivity contribution in [3.05, 3.63) is 60.1 Å². The van der Waals surface area contributed by atoms with Crippen molar-refractivity contribution >= 4 is 5.91 Å². The summed E-state index contributed by atoms with van der Waals surface area (Å²) >= 11 is 0. The van der Waals surface area contributed by atoms with Crippen molar-refractivity contribution in [2.45, 2.75) is 12.8 Å². The van der Waals surface area contributed by atoms with Crippen molar-refractivity contribution < 1.29 is 14.1 Å². The van der Waals surface area contributed by atoms with Crippen LogP contribution in [0.2, 0.25) is 0 Å². The molecular formula is C19H18N4O3. The van der Waals surface area contributed by atoms with Crippen LogP contribution in [0.5, 0.6) is 5.75 Å². The first-order valence-corrected chi connectivity index (χ1v) is 8.52. The van der Waals surface area contributed by atoms with E-state index in [-0.39, 0.29) is 11.8 Å². The van der Waals surface area contributed by atoms with Gasteiger partial charge in [-0.3, -0.25) is 9.78 Å². The number of amides is 1. The van der Waals surface area contributed by atoms with Crippen LogP contribution in [0, 0.1) is 0 Å². The highest BCUT2D eigenvalue weighted by molar-refractivity contribution is 5.97. The van der Waals surface area contributed by atoms with Crippen LogP contribution in [0.3, 0.4) is 0 Å². The number of benzene rings is 1. The number of nitrogens with zero attached hydrogens (tertiary/aromatic N) is 4. The normalized spacial score (nSPS) is 14.1. The summed E-state index contributed by atoms with van der Waals surface area (Å²) in [6.07, 6.45) is 1.69. The number of ether oxygens (including phenoxy) is 1. The summed E-state index contributed by atoms with van der Waals surface area (Å²) < 4.78 is 10.9. The largest absolute Gasteiger partial charge is 0.493 e. The smallest absolute Gasteiger partial charge is 0.257 e. The third kappa shape index (κ3) is 3.03. The summed E-state index contributed by atoms with van der Waals surface area (Å²) in [5, 5.41) is 3.98. The number of para-hydroxylation sites is 1. The zero-order chi connectivity index (χ0) is 17.9. The highest BCUT2D eigenvalue weighted by atomic mass is 16.5. The van der Waals surface area contributed by atoms with E-state index >= 15 is 0 Å². The molecule has 1 aliphatic rings. The Morgan fingerprint density at radius 3 is 2.81 bits per heavy atom. The Kier molecular flexibility index (Phi) is 4.35. The van der Waals surface area contributed by atoms with Crippen LogP contribution in [0.15, 0.2) is 53.2 Å². The second-order valence-electron chi connectivity index (χ2n) is 6.01. The van der Waals surface area contributed by atoms with Gasteiger partial charge in [-0.2, -0.15) is 4.98 Å². The SMILES string of the molecule is CCOc1ccccc1C(=O)N1CC(c2nc(-c3ccccn3)no2)C1. The molecule has 1 amide bonds. The van der Waals surface area contributed by atoms with Crippen LogP contribution in [0.1, 0.15) is 29.1 Å². The number of hydrogen-bond donors (Lipinski definition) is 0. The molecule has 3 heterocycles. The number of likely N-dealkylation sites (tertiary alicyclic amines) is 1. The average molecular weight is 350 g/mol. The zero-order valence-corrected chi connectivity index (χ0v) is 14.3. The fraction of sp³-hybridized carbons (Fsp3) is 0.263. The number of carbonyl (C=O) groups excluding carboxylic acids is 1. The molecule has 1 fully saturated rings. The van der Waals surface area contributed by atoms with Gasteiger partial charge in [0.05, 0.1) is 18.1 Å². The minimum absolute atomic E-state index is 0.0446. The standard InChI is InChI=1S/C19H18N4O3/c1-2-25-16-9-4-3-7-14(16)19(24)23-11-13(12-23)18-21-17(22-26-18)15-8-5-6-10-20-15/h3-10,13H,2,11-12H2,1H3. The van der Waals surface area contributed by atoms with Crippen LogP contribution in [-0.2, 0) is 0 Å². The van der Waals surface area contributed by atoms with Crippen molar-refractivity contribution in [1.29, 1.82) is 0 Å². The predicted molar refractivity (Wildman–Crippen MR) is 93.8 cm³/mol. The van der Waals surface area contributed by atoms with E-state index in [2.05, 4.69) is 15.1 Å². The van der Waals surface area contributed by atoms with Gasteiger partial charge in [-0.15, -0.1) is 0 Å². The Labute approximate surface area is 150 Å². The topological polar surface area (TPSA) is 81.4 Å². The minimum atomic E-state index is -0.0465. The fourth-order valence-corrected chi connectivity index (χ4v) is 2.90. The highest BCUT2D eigenvalue weighted by Gasteiger charge is 2.36. The monoisotopic (exact) mass is 350 g/mol. The molecule has 3 aromatic rings. The van der Waals surface area contributed by atoms with Crippen molar-refractivity contribution in [1.82, 2.24) is 20.0 Å². The second kappa shape index (κ2) is 6.95. The molecule has 1 aliphatic heterocycles. The van der Waals surface area contributed by atoms with Crippen LogP contribution in [0.25, 0.3) is 11.5 Å². The van der Waals surface area contributed by atoms with Crippen molar-refractivity contribution in [3.63, 3.8) is 0 Å². The van der Waals surface area contributed by atoms with Gasteiger partial charge < -0.3 is 14.2 Å². The molecule has 132 valence electrons. The molecule has 2 aromatic heterocycles. The zero-order valence-electron chi connectivity index (χ0n) is 14.3. The summed E-state index contributed by atoms with van der Waals surface area (Å²) in [6, 6.07) is 12.8. The maximum Gasteiger partial charge on any atom is 0.257 e. The molecule has 0 radical (unpaired) electrons. The van der Waals surface area contributed by atoms with Gasteiger partial charge in [0.2, 0.25) is 11.7 Å². The molecule has 1 saturated heterocycles. The molecule has 4 rings (SSSR count). The second-order valence-corrected chi connectivity index (χ2v) is 6.01. The lowest BCUT2D eigenvalue weighted by Gasteiger charge is -2.37. The first-order chi connectivity index (χ1) is 12.8. The molecule has 0 atom stereocenters. The summed E-state index contributed by atoms with van der Waals surface area (Å²) in [6.45, 7) is 3.51. The minimum Gasteiger partial charge on any atom is -0.493 e. The van der Waals surface area contributed by atoms with Crippen LogP contribution >= 0.6 is 0 Å². The molecule has 7 nitrogen and oxygen atoms in total. The summed E-state index contributed by atoms with van der Waals surface area (Å²) in [5.41, 5.74) is 1.24. The van der Waals surface area contributed by atoms with E-state index in [1.807, 2.05) is 43.3 Å².